The van der Waals surface area contributed by atoms with Crippen LogP contribution in [0.2, 0.25) is 0 Å². The minimum Gasteiger partial charge on any atom is -0.353 e. The predicted molar refractivity (Wildman–Crippen MR) is 116 cm³/mol. The van der Waals surface area contributed by atoms with E-state index in [4.69, 9.17) is 0 Å². The average Bonchev–Trinajstić information content (AvgIpc) is 3.15. The zero-order valence-electron chi connectivity index (χ0n) is 18.0. The molecule has 31 heavy (non-hydrogen) atoms. The summed E-state index contributed by atoms with van der Waals surface area (Å²) in [5, 5.41) is 0. The number of imide groups is 1. The standard InChI is InChI=1S/C22H26N6O3/c1-15-12-16(2)20(24-13-15)25-6-8-26(9-7-25)21(30)18-4-5-19(23-14-18)28-11-10-27(17(3)29)22(28)31/h4-5,12-14H,6-11H2,1-3H3. The van der Waals surface area contributed by atoms with Gasteiger partial charge in [0.15, 0.2) is 0 Å². The van der Waals surface area contributed by atoms with E-state index in [1.807, 2.05) is 18.0 Å². The molecule has 9 heteroatoms. The van der Waals surface area contributed by atoms with Crippen molar-refractivity contribution >= 4 is 29.5 Å². The van der Waals surface area contributed by atoms with Gasteiger partial charge in [-0.1, -0.05) is 6.07 Å². The van der Waals surface area contributed by atoms with E-state index in [9.17, 15) is 14.4 Å². The number of aryl methyl sites for hydroxylation is 2. The average molecular weight is 422 g/mol. The SMILES string of the molecule is CC(=O)N1CCN(c2ccc(C(=O)N3CCN(c4ncc(C)cc4C)CC3)cn2)C1=O. The lowest BCUT2D eigenvalue weighted by molar-refractivity contribution is -0.125. The first-order valence-corrected chi connectivity index (χ1v) is 10.4. The molecule has 0 radical (unpaired) electrons. The maximum Gasteiger partial charge on any atom is 0.332 e. The molecule has 0 aromatic carbocycles. The molecule has 0 unspecified atom stereocenters. The Morgan fingerprint density at radius 2 is 1.68 bits per heavy atom. The molecule has 0 N–H and O–H groups in total. The van der Waals surface area contributed by atoms with E-state index in [0.29, 0.717) is 37.6 Å². The Labute approximate surface area is 181 Å². The highest BCUT2D eigenvalue weighted by atomic mass is 16.2. The Hall–Kier alpha value is -3.49. The van der Waals surface area contributed by atoms with Gasteiger partial charge < -0.3 is 9.80 Å². The van der Waals surface area contributed by atoms with E-state index in [0.717, 1.165) is 30.0 Å². The van der Waals surface area contributed by atoms with Crippen molar-refractivity contribution in [2.75, 3.05) is 49.1 Å². The van der Waals surface area contributed by atoms with Crippen molar-refractivity contribution in [3.63, 3.8) is 0 Å². The first kappa shape index (κ1) is 20.8. The summed E-state index contributed by atoms with van der Waals surface area (Å²) >= 11 is 0. The van der Waals surface area contributed by atoms with Gasteiger partial charge in [-0.2, -0.15) is 0 Å². The number of nitrogens with zero attached hydrogens (tertiary/aromatic N) is 6. The first-order valence-electron chi connectivity index (χ1n) is 10.4. The molecule has 2 aliphatic heterocycles. The van der Waals surface area contributed by atoms with Crippen molar-refractivity contribution in [1.29, 1.82) is 0 Å². The van der Waals surface area contributed by atoms with Crippen LogP contribution in [0.25, 0.3) is 0 Å². The monoisotopic (exact) mass is 422 g/mol. The zero-order valence-corrected chi connectivity index (χ0v) is 18.0. The molecule has 2 aliphatic rings. The highest BCUT2D eigenvalue weighted by molar-refractivity contribution is 6.03. The molecule has 0 atom stereocenters. The third-order valence-corrected chi connectivity index (χ3v) is 5.71. The van der Waals surface area contributed by atoms with Crippen molar-refractivity contribution in [3.8, 4) is 0 Å². The van der Waals surface area contributed by atoms with Crippen molar-refractivity contribution in [2.24, 2.45) is 0 Å². The number of hydrogen-bond donors (Lipinski definition) is 0. The van der Waals surface area contributed by atoms with Gasteiger partial charge in [0.25, 0.3) is 5.91 Å². The molecule has 4 amide bonds. The Morgan fingerprint density at radius 3 is 2.26 bits per heavy atom. The summed E-state index contributed by atoms with van der Waals surface area (Å²) in [5.41, 5.74) is 2.76. The molecule has 4 rings (SSSR count). The molecular weight excluding hydrogens is 396 g/mol. The van der Waals surface area contributed by atoms with Crippen molar-refractivity contribution in [1.82, 2.24) is 19.8 Å². The van der Waals surface area contributed by atoms with E-state index in [1.165, 1.54) is 22.9 Å². The van der Waals surface area contributed by atoms with E-state index >= 15 is 0 Å². The van der Waals surface area contributed by atoms with Crippen LogP contribution in [-0.4, -0.2) is 76.9 Å². The second-order valence-electron chi connectivity index (χ2n) is 7.94. The third kappa shape index (κ3) is 4.08. The zero-order chi connectivity index (χ0) is 22.1. The maximum absolute atomic E-state index is 12.9. The van der Waals surface area contributed by atoms with E-state index in [2.05, 4.69) is 27.9 Å². The summed E-state index contributed by atoms with van der Waals surface area (Å²) in [4.78, 5) is 52.2. The van der Waals surface area contributed by atoms with Gasteiger partial charge in [0.05, 0.1) is 5.56 Å². The van der Waals surface area contributed by atoms with Crippen LogP contribution in [0.4, 0.5) is 16.4 Å². The molecule has 0 aliphatic carbocycles. The van der Waals surface area contributed by atoms with Gasteiger partial charge in [-0.3, -0.25) is 19.4 Å². The summed E-state index contributed by atoms with van der Waals surface area (Å²) in [7, 11) is 0. The molecule has 0 saturated carbocycles. The number of hydrogen-bond acceptors (Lipinski definition) is 6. The van der Waals surface area contributed by atoms with Crippen LogP contribution in [0.3, 0.4) is 0 Å². The molecule has 2 aromatic rings. The van der Waals surface area contributed by atoms with Crippen LogP contribution in [0.5, 0.6) is 0 Å². The Bertz CT molecular complexity index is 1010. The third-order valence-electron chi connectivity index (χ3n) is 5.71. The molecule has 9 nitrogen and oxygen atoms in total. The lowest BCUT2D eigenvalue weighted by Crippen LogP contribution is -2.49. The fourth-order valence-corrected chi connectivity index (χ4v) is 4.06. The van der Waals surface area contributed by atoms with Gasteiger partial charge in [0.2, 0.25) is 5.91 Å². The number of urea groups is 1. The van der Waals surface area contributed by atoms with Crippen molar-refractivity contribution in [2.45, 2.75) is 20.8 Å². The van der Waals surface area contributed by atoms with Gasteiger partial charge in [-0.25, -0.2) is 14.8 Å². The number of anilines is 2. The van der Waals surface area contributed by atoms with Gasteiger partial charge >= 0.3 is 6.03 Å². The van der Waals surface area contributed by atoms with Crippen molar-refractivity contribution in [3.05, 3.63) is 47.3 Å². The second-order valence-corrected chi connectivity index (χ2v) is 7.94. The lowest BCUT2D eigenvalue weighted by atomic mass is 10.2. The first-order chi connectivity index (χ1) is 14.8. The number of aromatic nitrogens is 2. The van der Waals surface area contributed by atoms with E-state index < -0.39 is 0 Å². The molecule has 2 aromatic heterocycles. The van der Waals surface area contributed by atoms with Crippen LogP contribution >= 0.6 is 0 Å². The number of piperazine rings is 1. The lowest BCUT2D eigenvalue weighted by Gasteiger charge is -2.36. The quantitative estimate of drug-likeness (QED) is 0.750. The number of rotatable bonds is 3. The summed E-state index contributed by atoms with van der Waals surface area (Å²) < 4.78 is 0. The smallest absolute Gasteiger partial charge is 0.332 e. The second kappa shape index (κ2) is 8.33. The summed E-state index contributed by atoms with van der Waals surface area (Å²) in [5.74, 6) is 1.05. The van der Waals surface area contributed by atoms with E-state index in [-0.39, 0.29) is 17.8 Å². The van der Waals surface area contributed by atoms with Gasteiger partial charge in [0.1, 0.15) is 11.6 Å². The summed E-state index contributed by atoms with van der Waals surface area (Å²) in [6, 6.07) is 5.08. The number of amides is 4. The number of pyridine rings is 2. The Balaban J connectivity index is 1.38. The molecule has 2 saturated heterocycles. The highest BCUT2D eigenvalue weighted by Crippen LogP contribution is 2.21. The minimum atomic E-state index is -0.379. The number of carbonyl (C=O) groups excluding carboxylic acids is 3. The molecule has 0 spiro atoms. The van der Waals surface area contributed by atoms with Gasteiger partial charge in [-0.05, 0) is 37.1 Å². The Morgan fingerprint density at radius 1 is 0.935 bits per heavy atom. The van der Waals surface area contributed by atoms with Crippen LogP contribution in [0.15, 0.2) is 30.6 Å². The fraction of sp³-hybridized carbons (Fsp3) is 0.409. The normalized spacial score (nSPS) is 16.8. The molecular formula is C22H26N6O3. The van der Waals surface area contributed by atoms with Crippen LogP contribution in [-0.2, 0) is 4.79 Å². The van der Waals surface area contributed by atoms with Crippen LogP contribution in [0.1, 0.15) is 28.4 Å². The van der Waals surface area contributed by atoms with Crippen molar-refractivity contribution < 1.29 is 14.4 Å². The predicted octanol–water partition coefficient (Wildman–Crippen LogP) is 1.84. The fourth-order valence-electron chi connectivity index (χ4n) is 4.06. The van der Waals surface area contributed by atoms with Crippen LogP contribution < -0.4 is 9.80 Å². The summed E-state index contributed by atoms with van der Waals surface area (Å²) in [6.07, 6.45) is 3.37. The van der Waals surface area contributed by atoms with Gasteiger partial charge in [0, 0.05) is 58.6 Å². The molecule has 2 fully saturated rings. The van der Waals surface area contributed by atoms with Gasteiger partial charge in [-0.15, -0.1) is 0 Å². The molecule has 4 heterocycles. The summed E-state index contributed by atoms with van der Waals surface area (Å²) in [6.45, 7) is 8.84. The largest absolute Gasteiger partial charge is 0.353 e. The molecule has 0 bridgehead atoms. The highest BCUT2D eigenvalue weighted by Gasteiger charge is 2.33. The Kier molecular flexibility index (Phi) is 5.58. The maximum atomic E-state index is 12.9. The topological polar surface area (TPSA) is 90.0 Å². The van der Waals surface area contributed by atoms with Crippen LogP contribution in [0, 0.1) is 13.8 Å². The minimum absolute atomic E-state index is 0.0783. The molecule has 162 valence electrons. The van der Waals surface area contributed by atoms with E-state index in [1.54, 1.807) is 12.1 Å². The number of carbonyl (C=O) groups is 3.